The van der Waals surface area contributed by atoms with Crippen LogP contribution in [0.3, 0.4) is 0 Å². The lowest BCUT2D eigenvalue weighted by atomic mass is 10.2. The Hall–Kier alpha value is -1.13. The predicted octanol–water partition coefficient (Wildman–Crippen LogP) is 3.70. The highest BCUT2D eigenvalue weighted by atomic mass is 35.5. The minimum absolute atomic E-state index is 0.307. The van der Waals surface area contributed by atoms with Crippen LogP contribution in [0.25, 0.3) is 10.6 Å². The molecule has 2 aromatic rings. The first-order chi connectivity index (χ1) is 7.74. The molecule has 0 N–H and O–H groups in total. The summed E-state index contributed by atoms with van der Waals surface area (Å²) in [5.41, 5.74) is 1.44. The Kier molecular flexibility index (Phi) is 3.41. The maximum atomic E-state index is 13.2. The summed E-state index contributed by atoms with van der Waals surface area (Å²) in [5, 5.41) is 2.57. The Labute approximate surface area is 102 Å². The van der Waals surface area contributed by atoms with Gasteiger partial charge in [-0.15, -0.1) is 22.9 Å². The van der Waals surface area contributed by atoms with Crippen molar-refractivity contribution in [3.05, 3.63) is 35.1 Å². The van der Waals surface area contributed by atoms with Gasteiger partial charge in [0.1, 0.15) is 16.6 Å². The van der Waals surface area contributed by atoms with Crippen molar-refractivity contribution >= 4 is 22.9 Å². The van der Waals surface area contributed by atoms with Crippen LogP contribution in [-0.2, 0) is 5.88 Å². The topological polar surface area (TPSA) is 22.1 Å². The second-order valence-electron chi connectivity index (χ2n) is 3.12. The van der Waals surface area contributed by atoms with Crippen LogP contribution < -0.4 is 4.74 Å². The van der Waals surface area contributed by atoms with Gasteiger partial charge in [-0.1, -0.05) is 0 Å². The van der Waals surface area contributed by atoms with Gasteiger partial charge >= 0.3 is 0 Å². The molecule has 0 saturated heterocycles. The lowest BCUT2D eigenvalue weighted by Crippen LogP contribution is -1.89. The monoisotopic (exact) mass is 257 g/mol. The molecule has 1 heterocycles. The first-order valence-corrected chi connectivity index (χ1v) is 6.00. The lowest BCUT2D eigenvalue weighted by molar-refractivity contribution is 0.415. The van der Waals surface area contributed by atoms with Crippen LogP contribution in [0, 0.1) is 5.82 Å². The number of ether oxygens (including phenoxy) is 1. The fourth-order valence-electron chi connectivity index (χ4n) is 1.34. The summed E-state index contributed by atoms with van der Waals surface area (Å²) in [5.74, 6) is 0.656. The maximum absolute atomic E-state index is 13.2. The summed E-state index contributed by atoms with van der Waals surface area (Å²) in [6.45, 7) is 0. The van der Waals surface area contributed by atoms with E-state index >= 15 is 0 Å². The zero-order valence-corrected chi connectivity index (χ0v) is 10.1. The molecule has 2 nitrogen and oxygen atoms in total. The average molecular weight is 258 g/mol. The first-order valence-electron chi connectivity index (χ1n) is 4.59. The van der Waals surface area contributed by atoms with Crippen LogP contribution in [0.15, 0.2) is 23.6 Å². The van der Waals surface area contributed by atoms with Gasteiger partial charge in [0.15, 0.2) is 0 Å². The molecule has 0 aliphatic rings. The third-order valence-corrected chi connectivity index (χ3v) is 3.28. The summed E-state index contributed by atoms with van der Waals surface area (Å²) >= 11 is 7.09. The molecule has 2 rings (SSSR count). The summed E-state index contributed by atoms with van der Waals surface area (Å²) in [6.07, 6.45) is 0. The van der Waals surface area contributed by atoms with E-state index in [1.807, 2.05) is 5.38 Å². The Morgan fingerprint density at radius 3 is 2.94 bits per heavy atom. The fourth-order valence-corrected chi connectivity index (χ4v) is 2.41. The number of methoxy groups -OCH3 is 1. The zero-order valence-electron chi connectivity index (χ0n) is 8.54. The molecule has 0 spiro atoms. The molecular weight excluding hydrogens is 249 g/mol. The van der Waals surface area contributed by atoms with Crippen molar-refractivity contribution in [3.8, 4) is 16.3 Å². The molecule has 84 valence electrons. The number of alkyl halides is 1. The molecule has 0 saturated carbocycles. The molecule has 0 atom stereocenters. The Morgan fingerprint density at radius 1 is 1.50 bits per heavy atom. The first kappa shape index (κ1) is 11.4. The van der Waals surface area contributed by atoms with Crippen LogP contribution in [0.4, 0.5) is 4.39 Å². The van der Waals surface area contributed by atoms with Crippen molar-refractivity contribution in [1.29, 1.82) is 0 Å². The number of hydrogen-bond acceptors (Lipinski definition) is 3. The number of nitrogens with zero attached hydrogens (tertiary/aromatic N) is 1. The van der Waals surface area contributed by atoms with Crippen molar-refractivity contribution < 1.29 is 9.13 Å². The Morgan fingerprint density at radius 2 is 2.31 bits per heavy atom. The molecule has 0 aliphatic heterocycles. The summed E-state index contributed by atoms with van der Waals surface area (Å²) in [6, 6.07) is 4.36. The van der Waals surface area contributed by atoms with Crippen LogP contribution in [0.1, 0.15) is 5.69 Å². The van der Waals surface area contributed by atoms with E-state index in [0.29, 0.717) is 22.2 Å². The standard InChI is InChI=1S/C11H9ClFNOS/c1-15-10-3-2-7(13)4-9(10)11-14-8(5-12)6-16-11/h2-4,6H,5H2,1H3. The number of halogens is 2. The van der Waals surface area contributed by atoms with Crippen molar-refractivity contribution in [2.75, 3.05) is 7.11 Å². The van der Waals surface area contributed by atoms with Crippen molar-refractivity contribution in [2.45, 2.75) is 5.88 Å². The van der Waals surface area contributed by atoms with Gasteiger partial charge in [-0.25, -0.2) is 9.37 Å². The summed E-state index contributed by atoms with van der Waals surface area (Å²) in [7, 11) is 1.55. The van der Waals surface area contributed by atoms with Crippen LogP contribution in [0.5, 0.6) is 5.75 Å². The van der Waals surface area contributed by atoms with Gasteiger partial charge in [0.05, 0.1) is 24.2 Å². The smallest absolute Gasteiger partial charge is 0.129 e. The van der Waals surface area contributed by atoms with Gasteiger partial charge in [-0.05, 0) is 18.2 Å². The fraction of sp³-hybridized carbons (Fsp3) is 0.182. The lowest BCUT2D eigenvalue weighted by Gasteiger charge is -2.05. The zero-order chi connectivity index (χ0) is 11.5. The van der Waals surface area contributed by atoms with E-state index < -0.39 is 0 Å². The molecule has 1 aromatic heterocycles. The highest BCUT2D eigenvalue weighted by Crippen LogP contribution is 2.32. The van der Waals surface area contributed by atoms with Gasteiger partial charge < -0.3 is 4.74 Å². The third kappa shape index (κ3) is 2.18. The maximum Gasteiger partial charge on any atom is 0.129 e. The predicted molar refractivity (Wildman–Crippen MR) is 63.6 cm³/mol. The van der Waals surface area contributed by atoms with Crippen molar-refractivity contribution in [1.82, 2.24) is 4.98 Å². The van der Waals surface area contributed by atoms with E-state index in [-0.39, 0.29) is 5.82 Å². The number of thiazole rings is 1. The average Bonchev–Trinajstić information content (AvgIpc) is 2.77. The van der Waals surface area contributed by atoms with Crippen LogP contribution >= 0.6 is 22.9 Å². The van der Waals surface area contributed by atoms with E-state index in [4.69, 9.17) is 16.3 Å². The normalized spacial score (nSPS) is 10.4. The molecule has 0 amide bonds. The van der Waals surface area contributed by atoms with E-state index in [1.165, 1.54) is 23.5 Å². The quantitative estimate of drug-likeness (QED) is 0.783. The number of hydrogen-bond donors (Lipinski definition) is 0. The summed E-state index contributed by atoms with van der Waals surface area (Å²) < 4.78 is 18.3. The molecule has 0 radical (unpaired) electrons. The molecular formula is C11H9ClFNOS. The molecule has 0 fully saturated rings. The molecule has 0 bridgehead atoms. The third-order valence-electron chi connectivity index (χ3n) is 2.08. The molecule has 0 unspecified atom stereocenters. The molecule has 5 heteroatoms. The number of rotatable bonds is 3. The van der Waals surface area contributed by atoms with E-state index in [0.717, 1.165) is 5.69 Å². The van der Waals surface area contributed by atoms with Crippen molar-refractivity contribution in [3.63, 3.8) is 0 Å². The second-order valence-corrected chi connectivity index (χ2v) is 4.25. The van der Waals surface area contributed by atoms with Crippen LogP contribution in [0.2, 0.25) is 0 Å². The van der Waals surface area contributed by atoms with Crippen LogP contribution in [-0.4, -0.2) is 12.1 Å². The van der Waals surface area contributed by atoms with Gasteiger partial charge in [0.2, 0.25) is 0 Å². The number of aromatic nitrogens is 1. The number of benzene rings is 1. The minimum atomic E-state index is -0.307. The van der Waals surface area contributed by atoms with E-state index in [1.54, 1.807) is 13.2 Å². The Bertz CT molecular complexity index is 500. The second kappa shape index (κ2) is 4.80. The van der Waals surface area contributed by atoms with Gasteiger partial charge in [-0.3, -0.25) is 0 Å². The van der Waals surface area contributed by atoms with E-state index in [9.17, 15) is 4.39 Å². The summed E-state index contributed by atoms with van der Waals surface area (Å²) in [4.78, 5) is 4.29. The highest BCUT2D eigenvalue weighted by Gasteiger charge is 2.11. The molecule has 1 aromatic carbocycles. The molecule has 16 heavy (non-hydrogen) atoms. The largest absolute Gasteiger partial charge is 0.496 e. The van der Waals surface area contributed by atoms with Gasteiger partial charge in [-0.2, -0.15) is 0 Å². The van der Waals surface area contributed by atoms with Crippen molar-refractivity contribution in [2.24, 2.45) is 0 Å². The molecule has 0 aliphatic carbocycles. The Balaban J connectivity index is 2.49. The van der Waals surface area contributed by atoms with Gasteiger partial charge in [0.25, 0.3) is 0 Å². The van der Waals surface area contributed by atoms with Gasteiger partial charge in [0, 0.05) is 5.38 Å². The SMILES string of the molecule is COc1ccc(F)cc1-c1nc(CCl)cs1. The van der Waals surface area contributed by atoms with E-state index in [2.05, 4.69) is 4.98 Å². The minimum Gasteiger partial charge on any atom is -0.496 e. The highest BCUT2D eigenvalue weighted by molar-refractivity contribution is 7.13.